The number of aromatic amines is 2. The Bertz CT molecular complexity index is 661. The lowest BCUT2D eigenvalue weighted by Gasteiger charge is -2.03. The molecule has 7 heteroatoms. The summed E-state index contributed by atoms with van der Waals surface area (Å²) < 4.78 is 1.70. The molecule has 0 bridgehead atoms. The van der Waals surface area contributed by atoms with Crippen LogP contribution in [0.1, 0.15) is 12.8 Å². The molecule has 1 saturated carbocycles. The van der Waals surface area contributed by atoms with Gasteiger partial charge >= 0.3 is 5.69 Å². The average Bonchev–Trinajstić information content (AvgIpc) is 2.96. The maximum atomic E-state index is 11.5. The first-order valence-electron chi connectivity index (χ1n) is 5.13. The molecule has 0 aromatic carbocycles. The summed E-state index contributed by atoms with van der Waals surface area (Å²) in [5.41, 5.74) is 5.30. The first-order valence-corrected chi connectivity index (χ1v) is 5.13. The minimum atomic E-state index is -0.533. The van der Waals surface area contributed by atoms with Crippen LogP contribution in [-0.4, -0.2) is 19.5 Å². The van der Waals surface area contributed by atoms with Crippen LogP contribution in [0.2, 0.25) is 0 Å². The molecule has 2 heterocycles. The molecule has 7 nitrogen and oxygen atoms in total. The average molecular weight is 221 g/mol. The summed E-state index contributed by atoms with van der Waals surface area (Å²) in [7, 11) is 0. The number of H-pyrrole nitrogens is 2. The Morgan fingerprint density at radius 2 is 2.12 bits per heavy atom. The number of fused-ring (bicyclic) bond motifs is 1. The molecule has 3 rings (SSSR count). The Kier molecular flexibility index (Phi) is 1.71. The molecule has 16 heavy (non-hydrogen) atoms. The van der Waals surface area contributed by atoms with E-state index in [-0.39, 0.29) is 11.5 Å². The molecular weight excluding hydrogens is 210 g/mol. The van der Waals surface area contributed by atoms with Crippen molar-refractivity contribution in [2.45, 2.75) is 19.4 Å². The van der Waals surface area contributed by atoms with Gasteiger partial charge in [-0.15, -0.1) is 0 Å². The van der Waals surface area contributed by atoms with Crippen LogP contribution >= 0.6 is 0 Å². The van der Waals surface area contributed by atoms with Gasteiger partial charge in [-0.25, -0.2) is 9.78 Å². The second-order valence-corrected chi connectivity index (χ2v) is 4.13. The van der Waals surface area contributed by atoms with Crippen molar-refractivity contribution in [1.82, 2.24) is 19.5 Å². The van der Waals surface area contributed by atoms with E-state index < -0.39 is 11.2 Å². The zero-order valence-electron chi connectivity index (χ0n) is 8.49. The monoisotopic (exact) mass is 221 g/mol. The molecule has 0 aliphatic heterocycles. The van der Waals surface area contributed by atoms with Gasteiger partial charge in [0.25, 0.3) is 5.56 Å². The maximum absolute atomic E-state index is 11.5. The third-order valence-corrected chi connectivity index (χ3v) is 2.81. The van der Waals surface area contributed by atoms with Crippen LogP contribution in [0.4, 0.5) is 5.95 Å². The van der Waals surface area contributed by atoms with E-state index in [1.807, 2.05) is 0 Å². The molecule has 0 saturated heterocycles. The zero-order valence-corrected chi connectivity index (χ0v) is 8.49. The molecule has 4 N–H and O–H groups in total. The third-order valence-electron chi connectivity index (χ3n) is 2.81. The number of nitrogen functional groups attached to an aromatic ring is 1. The van der Waals surface area contributed by atoms with Crippen molar-refractivity contribution in [2.75, 3.05) is 5.73 Å². The van der Waals surface area contributed by atoms with Gasteiger partial charge in [0.05, 0.1) is 0 Å². The fourth-order valence-electron chi connectivity index (χ4n) is 1.80. The minimum Gasteiger partial charge on any atom is -0.369 e. The van der Waals surface area contributed by atoms with E-state index >= 15 is 0 Å². The lowest BCUT2D eigenvalue weighted by atomic mass is 10.4. The third kappa shape index (κ3) is 1.32. The standard InChI is InChI=1S/C9H11N5O2/c10-8-11-5-6(12-9(16)13-7(5)15)14(8)3-4-1-2-4/h4H,1-3H2,(H2,10,11)(H2,12,13,15,16). The number of nitrogens with one attached hydrogen (secondary N) is 2. The van der Waals surface area contributed by atoms with Gasteiger partial charge < -0.3 is 5.73 Å². The Labute approximate surface area is 89.3 Å². The van der Waals surface area contributed by atoms with E-state index in [0.717, 1.165) is 12.8 Å². The Balaban J connectivity index is 2.29. The highest BCUT2D eigenvalue weighted by molar-refractivity contribution is 5.72. The number of rotatable bonds is 2. The number of aromatic nitrogens is 4. The normalized spacial score (nSPS) is 15.8. The van der Waals surface area contributed by atoms with Crippen LogP contribution in [0.5, 0.6) is 0 Å². The lowest BCUT2D eigenvalue weighted by Crippen LogP contribution is -2.22. The number of nitrogens with zero attached hydrogens (tertiary/aromatic N) is 2. The van der Waals surface area contributed by atoms with Gasteiger partial charge in [-0.2, -0.15) is 0 Å². The molecule has 1 aliphatic carbocycles. The first kappa shape index (κ1) is 9.20. The van der Waals surface area contributed by atoms with E-state index in [2.05, 4.69) is 15.0 Å². The van der Waals surface area contributed by atoms with E-state index in [9.17, 15) is 9.59 Å². The van der Waals surface area contributed by atoms with Crippen molar-refractivity contribution in [1.29, 1.82) is 0 Å². The van der Waals surface area contributed by atoms with E-state index in [4.69, 9.17) is 5.73 Å². The molecule has 0 spiro atoms. The molecular formula is C9H11N5O2. The predicted molar refractivity (Wildman–Crippen MR) is 58.1 cm³/mol. The molecule has 1 aliphatic rings. The molecule has 0 unspecified atom stereocenters. The van der Waals surface area contributed by atoms with Crippen molar-refractivity contribution in [3.8, 4) is 0 Å². The highest BCUT2D eigenvalue weighted by atomic mass is 16.2. The SMILES string of the molecule is Nc1nc2c(=O)[nH]c(=O)[nH]c2n1CC1CC1. The van der Waals surface area contributed by atoms with Gasteiger partial charge in [0, 0.05) is 6.54 Å². The summed E-state index contributed by atoms with van der Waals surface area (Å²) >= 11 is 0. The Morgan fingerprint density at radius 3 is 2.81 bits per heavy atom. The van der Waals surface area contributed by atoms with Crippen LogP contribution in [0.25, 0.3) is 11.2 Å². The zero-order chi connectivity index (χ0) is 11.3. The second kappa shape index (κ2) is 2.97. The van der Waals surface area contributed by atoms with Crippen LogP contribution in [0, 0.1) is 5.92 Å². The highest BCUT2D eigenvalue weighted by Gasteiger charge is 2.24. The molecule has 2 aromatic heterocycles. The smallest absolute Gasteiger partial charge is 0.327 e. The molecule has 84 valence electrons. The van der Waals surface area contributed by atoms with Gasteiger partial charge in [-0.3, -0.25) is 19.3 Å². The van der Waals surface area contributed by atoms with Crippen LogP contribution in [-0.2, 0) is 6.54 Å². The molecule has 1 fully saturated rings. The summed E-state index contributed by atoms with van der Waals surface area (Å²) in [6, 6.07) is 0. The maximum Gasteiger partial charge on any atom is 0.327 e. The summed E-state index contributed by atoms with van der Waals surface area (Å²) in [6.45, 7) is 0.710. The van der Waals surface area contributed by atoms with Crippen LogP contribution in [0.15, 0.2) is 9.59 Å². The van der Waals surface area contributed by atoms with E-state index in [0.29, 0.717) is 18.1 Å². The van der Waals surface area contributed by atoms with Gasteiger partial charge in [0.1, 0.15) is 5.65 Å². The fraction of sp³-hybridized carbons (Fsp3) is 0.444. The number of hydrogen-bond donors (Lipinski definition) is 3. The molecule has 0 amide bonds. The van der Waals surface area contributed by atoms with Gasteiger partial charge in [-0.05, 0) is 18.8 Å². The van der Waals surface area contributed by atoms with Crippen LogP contribution in [0.3, 0.4) is 0 Å². The number of anilines is 1. The summed E-state index contributed by atoms with van der Waals surface area (Å²) in [4.78, 5) is 31.3. The van der Waals surface area contributed by atoms with Crippen LogP contribution < -0.4 is 17.0 Å². The largest absolute Gasteiger partial charge is 0.369 e. The molecule has 2 aromatic rings. The summed E-state index contributed by atoms with van der Waals surface area (Å²) in [5.74, 6) is 0.858. The van der Waals surface area contributed by atoms with Gasteiger partial charge in [-0.1, -0.05) is 0 Å². The van der Waals surface area contributed by atoms with Crippen molar-refractivity contribution >= 4 is 17.1 Å². The van der Waals surface area contributed by atoms with Gasteiger partial charge in [0.2, 0.25) is 5.95 Å². The van der Waals surface area contributed by atoms with Gasteiger partial charge in [0.15, 0.2) is 5.52 Å². The molecule has 0 atom stereocenters. The molecule has 0 radical (unpaired) electrons. The number of hydrogen-bond acceptors (Lipinski definition) is 4. The predicted octanol–water partition coefficient (Wildman–Crippen LogP) is -0.595. The quantitative estimate of drug-likeness (QED) is 0.629. The first-order chi connectivity index (χ1) is 7.65. The van der Waals surface area contributed by atoms with Crippen molar-refractivity contribution in [3.05, 3.63) is 20.8 Å². The van der Waals surface area contributed by atoms with Crippen molar-refractivity contribution < 1.29 is 0 Å². The number of imidazole rings is 1. The van der Waals surface area contributed by atoms with E-state index in [1.165, 1.54) is 0 Å². The second-order valence-electron chi connectivity index (χ2n) is 4.13. The van der Waals surface area contributed by atoms with E-state index in [1.54, 1.807) is 4.57 Å². The minimum absolute atomic E-state index is 0.192. The lowest BCUT2D eigenvalue weighted by molar-refractivity contribution is 0.645. The summed E-state index contributed by atoms with van der Waals surface area (Å²) in [6.07, 6.45) is 2.32. The number of nitrogens with two attached hydrogens (primary N) is 1. The highest BCUT2D eigenvalue weighted by Crippen LogP contribution is 2.32. The topological polar surface area (TPSA) is 110 Å². The van der Waals surface area contributed by atoms with Crippen molar-refractivity contribution in [3.63, 3.8) is 0 Å². The Hall–Kier alpha value is -2.05. The summed E-state index contributed by atoms with van der Waals surface area (Å²) in [5, 5.41) is 0. The van der Waals surface area contributed by atoms with Crippen molar-refractivity contribution in [2.24, 2.45) is 5.92 Å². The Morgan fingerprint density at radius 1 is 1.38 bits per heavy atom. The fourth-order valence-corrected chi connectivity index (χ4v) is 1.80.